The molecule has 0 N–H and O–H groups in total. The molecule has 102 valence electrons. The fraction of sp³-hybridized carbons (Fsp3) is 0.933. The van der Waals surface area contributed by atoms with Crippen LogP contribution < -0.4 is 0 Å². The van der Waals surface area contributed by atoms with Crippen molar-refractivity contribution < 1.29 is 9.53 Å². The van der Waals surface area contributed by atoms with E-state index < -0.39 is 0 Å². The van der Waals surface area contributed by atoms with Gasteiger partial charge in [-0.2, -0.15) is 0 Å². The Kier molecular flexibility index (Phi) is 5.24. The van der Waals surface area contributed by atoms with Crippen LogP contribution in [-0.2, 0) is 9.53 Å². The number of rotatable bonds is 5. The molecule has 0 rings (SSSR count). The largest absolute Gasteiger partial charge is 0.469 e. The van der Waals surface area contributed by atoms with Gasteiger partial charge in [-0.15, -0.1) is 0 Å². The number of methoxy groups -OCH3 is 1. The Bertz CT molecular complexity index is 261. The predicted octanol–water partition coefficient (Wildman–Crippen LogP) is 4.43. The summed E-state index contributed by atoms with van der Waals surface area (Å²) in [5, 5.41) is 0. The van der Waals surface area contributed by atoms with Gasteiger partial charge >= 0.3 is 5.97 Å². The van der Waals surface area contributed by atoms with Crippen LogP contribution in [0.5, 0.6) is 0 Å². The number of esters is 1. The Morgan fingerprint density at radius 1 is 1.00 bits per heavy atom. The standard InChI is InChI=1S/C15H30O2/c1-9-14(5,6)11-15(7,12(16)17-8)10-13(2,3)4/h9-11H2,1-8H3. The lowest BCUT2D eigenvalue weighted by molar-refractivity contribution is -0.156. The van der Waals surface area contributed by atoms with E-state index >= 15 is 0 Å². The Hall–Kier alpha value is -0.530. The van der Waals surface area contributed by atoms with E-state index in [4.69, 9.17) is 4.74 Å². The molecule has 0 spiro atoms. The van der Waals surface area contributed by atoms with Crippen LogP contribution >= 0.6 is 0 Å². The molecule has 0 aromatic heterocycles. The third-order valence-electron chi connectivity index (χ3n) is 3.42. The third kappa shape index (κ3) is 5.56. The first-order chi connectivity index (χ1) is 7.46. The van der Waals surface area contributed by atoms with Crippen molar-refractivity contribution in [2.75, 3.05) is 7.11 Å². The normalized spacial score (nSPS) is 16.5. The van der Waals surface area contributed by atoms with Crippen LogP contribution in [0.3, 0.4) is 0 Å². The lowest BCUT2D eigenvalue weighted by Gasteiger charge is -2.38. The van der Waals surface area contributed by atoms with Gasteiger partial charge in [-0.05, 0) is 30.6 Å². The summed E-state index contributed by atoms with van der Waals surface area (Å²) >= 11 is 0. The maximum absolute atomic E-state index is 12.1. The van der Waals surface area contributed by atoms with Crippen LogP contribution in [0.1, 0.15) is 67.7 Å². The van der Waals surface area contributed by atoms with E-state index in [9.17, 15) is 4.79 Å². The molecule has 2 nitrogen and oxygen atoms in total. The Balaban J connectivity index is 5.05. The molecular formula is C15H30O2. The van der Waals surface area contributed by atoms with Crippen LogP contribution in [0.25, 0.3) is 0 Å². The molecule has 0 amide bonds. The van der Waals surface area contributed by atoms with Crippen LogP contribution in [-0.4, -0.2) is 13.1 Å². The number of hydrogen-bond acceptors (Lipinski definition) is 2. The summed E-state index contributed by atoms with van der Waals surface area (Å²) in [4.78, 5) is 12.1. The highest BCUT2D eigenvalue weighted by Gasteiger charge is 2.41. The molecule has 1 unspecified atom stereocenters. The molecule has 2 heteroatoms. The zero-order chi connectivity index (χ0) is 13.9. The average molecular weight is 242 g/mol. The van der Waals surface area contributed by atoms with Crippen LogP contribution in [0.2, 0.25) is 0 Å². The summed E-state index contributed by atoms with van der Waals surface area (Å²) in [5.41, 5.74) is -0.0759. The second-order valence-electron chi connectivity index (χ2n) is 7.48. The van der Waals surface area contributed by atoms with Crippen molar-refractivity contribution in [2.24, 2.45) is 16.2 Å². The second-order valence-corrected chi connectivity index (χ2v) is 7.48. The van der Waals surface area contributed by atoms with Gasteiger partial charge in [0.25, 0.3) is 0 Å². The summed E-state index contributed by atoms with van der Waals surface area (Å²) in [6.07, 6.45) is 2.81. The van der Waals surface area contributed by atoms with Crippen molar-refractivity contribution in [3.05, 3.63) is 0 Å². The van der Waals surface area contributed by atoms with Crippen LogP contribution in [0.4, 0.5) is 0 Å². The first kappa shape index (κ1) is 16.5. The Morgan fingerprint density at radius 3 is 1.76 bits per heavy atom. The van der Waals surface area contributed by atoms with E-state index in [1.165, 1.54) is 7.11 Å². The van der Waals surface area contributed by atoms with Gasteiger partial charge in [0.1, 0.15) is 0 Å². The van der Waals surface area contributed by atoms with E-state index in [2.05, 4.69) is 41.5 Å². The molecule has 0 fully saturated rings. The van der Waals surface area contributed by atoms with Crippen LogP contribution in [0.15, 0.2) is 0 Å². The average Bonchev–Trinajstić information content (AvgIpc) is 2.12. The Labute approximate surface area is 107 Å². The lowest BCUT2D eigenvalue weighted by Crippen LogP contribution is -2.37. The molecule has 0 radical (unpaired) electrons. The van der Waals surface area contributed by atoms with E-state index in [0.29, 0.717) is 0 Å². The molecule has 0 aliphatic carbocycles. The first-order valence-electron chi connectivity index (χ1n) is 6.54. The van der Waals surface area contributed by atoms with Gasteiger partial charge in [0.05, 0.1) is 12.5 Å². The molecule has 0 aromatic carbocycles. The highest BCUT2D eigenvalue weighted by atomic mass is 16.5. The zero-order valence-corrected chi connectivity index (χ0v) is 12.9. The van der Waals surface area contributed by atoms with Crippen molar-refractivity contribution in [1.82, 2.24) is 0 Å². The molecule has 0 saturated heterocycles. The topological polar surface area (TPSA) is 26.3 Å². The smallest absolute Gasteiger partial charge is 0.311 e. The van der Waals surface area contributed by atoms with Gasteiger partial charge in [-0.3, -0.25) is 4.79 Å². The van der Waals surface area contributed by atoms with Crippen molar-refractivity contribution in [3.63, 3.8) is 0 Å². The quantitative estimate of drug-likeness (QED) is 0.667. The number of ether oxygens (including phenoxy) is 1. The van der Waals surface area contributed by atoms with Gasteiger partial charge in [0.15, 0.2) is 0 Å². The van der Waals surface area contributed by atoms with Gasteiger partial charge in [-0.25, -0.2) is 0 Å². The van der Waals surface area contributed by atoms with E-state index in [1.807, 2.05) is 6.92 Å². The van der Waals surface area contributed by atoms with E-state index in [1.54, 1.807) is 0 Å². The van der Waals surface area contributed by atoms with Gasteiger partial charge < -0.3 is 4.74 Å². The fourth-order valence-electron chi connectivity index (χ4n) is 2.80. The minimum atomic E-state index is -0.382. The Morgan fingerprint density at radius 2 is 1.47 bits per heavy atom. The van der Waals surface area contributed by atoms with Gasteiger partial charge in [0, 0.05) is 0 Å². The minimum Gasteiger partial charge on any atom is -0.469 e. The zero-order valence-electron chi connectivity index (χ0n) is 12.9. The molecule has 0 aliphatic rings. The van der Waals surface area contributed by atoms with E-state index in [0.717, 1.165) is 19.3 Å². The maximum Gasteiger partial charge on any atom is 0.311 e. The number of carbonyl (C=O) groups excluding carboxylic acids is 1. The third-order valence-corrected chi connectivity index (χ3v) is 3.42. The monoisotopic (exact) mass is 242 g/mol. The lowest BCUT2D eigenvalue weighted by atomic mass is 9.66. The summed E-state index contributed by atoms with van der Waals surface area (Å²) in [6.45, 7) is 15.2. The summed E-state index contributed by atoms with van der Waals surface area (Å²) < 4.78 is 5.01. The molecular weight excluding hydrogens is 212 g/mol. The first-order valence-corrected chi connectivity index (χ1v) is 6.54. The van der Waals surface area contributed by atoms with Gasteiger partial charge in [-0.1, -0.05) is 48.0 Å². The summed E-state index contributed by atoms with van der Waals surface area (Å²) in [5.74, 6) is -0.0750. The molecule has 0 heterocycles. The maximum atomic E-state index is 12.1. The molecule has 0 aromatic rings. The molecule has 0 bridgehead atoms. The minimum absolute atomic E-state index is 0.0750. The van der Waals surface area contributed by atoms with E-state index in [-0.39, 0.29) is 22.2 Å². The molecule has 1 atom stereocenters. The van der Waals surface area contributed by atoms with Crippen molar-refractivity contribution in [2.45, 2.75) is 67.7 Å². The SMILES string of the molecule is CCC(C)(C)CC(C)(CC(C)(C)C)C(=O)OC. The van der Waals surface area contributed by atoms with Crippen molar-refractivity contribution >= 4 is 5.97 Å². The molecule has 0 aliphatic heterocycles. The fourth-order valence-corrected chi connectivity index (χ4v) is 2.80. The van der Waals surface area contributed by atoms with Gasteiger partial charge in [0.2, 0.25) is 0 Å². The highest BCUT2D eigenvalue weighted by molar-refractivity contribution is 5.76. The van der Waals surface area contributed by atoms with Crippen molar-refractivity contribution in [3.8, 4) is 0 Å². The second kappa shape index (κ2) is 5.41. The molecule has 0 saturated carbocycles. The van der Waals surface area contributed by atoms with Crippen LogP contribution in [0, 0.1) is 16.2 Å². The van der Waals surface area contributed by atoms with Crippen molar-refractivity contribution in [1.29, 1.82) is 0 Å². The summed E-state index contributed by atoms with van der Waals surface area (Å²) in [6, 6.07) is 0. The number of carbonyl (C=O) groups is 1. The number of hydrogen-bond donors (Lipinski definition) is 0. The molecule has 17 heavy (non-hydrogen) atoms. The summed E-state index contributed by atoms with van der Waals surface area (Å²) in [7, 11) is 1.49. The highest BCUT2D eigenvalue weighted by Crippen LogP contribution is 2.44. The predicted molar refractivity (Wildman–Crippen MR) is 72.9 cm³/mol.